The highest BCUT2D eigenvalue weighted by Gasteiger charge is 2.37. The summed E-state index contributed by atoms with van der Waals surface area (Å²) in [6.45, 7) is 8.03. The number of aliphatic hydroxyl groups is 1. The molecular formula is C17H25NO3. The Bertz CT molecular complexity index is 474. The van der Waals surface area contributed by atoms with Crippen LogP contribution in [0, 0.1) is 0 Å². The summed E-state index contributed by atoms with van der Waals surface area (Å²) in [7, 11) is 0. The molecule has 4 heteroatoms. The Morgan fingerprint density at radius 1 is 1.43 bits per heavy atom. The van der Waals surface area contributed by atoms with Gasteiger partial charge in [0.2, 0.25) is 0 Å². The van der Waals surface area contributed by atoms with Crippen LogP contribution in [0.5, 0.6) is 0 Å². The Balaban J connectivity index is 2.16. The Kier molecular flexibility index (Phi) is 4.81. The molecule has 1 heterocycles. The average Bonchev–Trinajstić information content (AvgIpc) is 2.46. The van der Waals surface area contributed by atoms with Gasteiger partial charge in [0.1, 0.15) is 6.29 Å². The van der Waals surface area contributed by atoms with E-state index >= 15 is 0 Å². The number of nitrogens with zero attached hydrogens (tertiary/aromatic N) is 1. The van der Waals surface area contributed by atoms with E-state index in [1.54, 1.807) is 0 Å². The van der Waals surface area contributed by atoms with E-state index in [1.807, 2.05) is 51.1 Å². The monoisotopic (exact) mass is 291 g/mol. The van der Waals surface area contributed by atoms with E-state index in [0.29, 0.717) is 13.1 Å². The molecule has 0 aliphatic carbocycles. The highest BCUT2D eigenvalue weighted by molar-refractivity contribution is 5.68. The predicted molar refractivity (Wildman–Crippen MR) is 82.3 cm³/mol. The molecule has 1 aliphatic heterocycles. The minimum absolute atomic E-state index is 0.00305. The van der Waals surface area contributed by atoms with E-state index in [4.69, 9.17) is 4.74 Å². The summed E-state index contributed by atoms with van der Waals surface area (Å²) in [6.07, 6.45) is 0.832. The van der Waals surface area contributed by atoms with Crippen LogP contribution in [0.2, 0.25) is 0 Å². The third-order valence-electron chi connectivity index (χ3n) is 4.00. The van der Waals surface area contributed by atoms with Crippen LogP contribution in [0.3, 0.4) is 0 Å². The van der Waals surface area contributed by atoms with Crippen LogP contribution in [0.4, 0.5) is 0 Å². The summed E-state index contributed by atoms with van der Waals surface area (Å²) in [5, 5.41) is 9.39. The van der Waals surface area contributed by atoms with Gasteiger partial charge in [-0.25, -0.2) is 0 Å². The summed E-state index contributed by atoms with van der Waals surface area (Å²) in [6, 6.07) is 9.84. The van der Waals surface area contributed by atoms with E-state index < -0.39 is 5.41 Å². The van der Waals surface area contributed by atoms with E-state index in [9.17, 15) is 9.90 Å². The van der Waals surface area contributed by atoms with Crippen molar-refractivity contribution in [1.82, 2.24) is 4.90 Å². The topological polar surface area (TPSA) is 49.8 Å². The lowest BCUT2D eigenvalue weighted by Gasteiger charge is -2.44. The van der Waals surface area contributed by atoms with Gasteiger partial charge in [-0.1, -0.05) is 30.3 Å². The zero-order valence-corrected chi connectivity index (χ0v) is 13.1. The van der Waals surface area contributed by atoms with E-state index in [-0.39, 0.29) is 18.3 Å². The summed E-state index contributed by atoms with van der Waals surface area (Å²) < 4.78 is 5.83. The summed E-state index contributed by atoms with van der Waals surface area (Å²) >= 11 is 0. The van der Waals surface area contributed by atoms with Crippen molar-refractivity contribution in [3.63, 3.8) is 0 Å². The molecular weight excluding hydrogens is 266 g/mol. The van der Waals surface area contributed by atoms with E-state index in [2.05, 4.69) is 4.90 Å². The third-order valence-corrected chi connectivity index (χ3v) is 4.00. The standard InChI is InChI=1S/C17H25NO3/c1-16(2)11-18(9-15(10-19)21-16)12-17(3,13-20)14-7-5-4-6-8-14/h4-8,13,15,19H,9-12H2,1-3H3. The first-order valence-electron chi connectivity index (χ1n) is 7.41. The first-order chi connectivity index (χ1) is 9.88. The van der Waals surface area contributed by atoms with Crippen LogP contribution >= 0.6 is 0 Å². The van der Waals surface area contributed by atoms with E-state index in [0.717, 1.165) is 18.4 Å². The number of morpholine rings is 1. The first-order valence-corrected chi connectivity index (χ1v) is 7.41. The Morgan fingerprint density at radius 2 is 2.10 bits per heavy atom. The summed E-state index contributed by atoms with van der Waals surface area (Å²) in [5.41, 5.74) is 0.158. The van der Waals surface area contributed by atoms with Gasteiger partial charge in [-0.05, 0) is 26.3 Å². The second-order valence-corrected chi connectivity index (χ2v) is 6.75. The first kappa shape index (κ1) is 16.1. The Labute approximate surface area is 126 Å². The number of carbonyl (C=O) groups excluding carboxylic acids is 1. The molecule has 0 aromatic heterocycles. The fourth-order valence-corrected chi connectivity index (χ4v) is 3.11. The molecule has 1 aromatic rings. The lowest BCUT2D eigenvalue weighted by Crippen LogP contribution is -2.56. The largest absolute Gasteiger partial charge is 0.394 e. The molecule has 1 fully saturated rings. The molecule has 1 aromatic carbocycles. The van der Waals surface area contributed by atoms with Crippen molar-refractivity contribution < 1.29 is 14.6 Å². The van der Waals surface area contributed by atoms with Crippen molar-refractivity contribution in [2.45, 2.75) is 37.9 Å². The number of benzene rings is 1. The van der Waals surface area contributed by atoms with E-state index in [1.165, 1.54) is 0 Å². The number of rotatable bonds is 5. The second kappa shape index (κ2) is 6.26. The van der Waals surface area contributed by atoms with Gasteiger partial charge < -0.3 is 14.6 Å². The molecule has 2 atom stereocenters. The maximum atomic E-state index is 11.7. The van der Waals surface area contributed by atoms with Crippen molar-refractivity contribution in [2.75, 3.05) is 26.2 Å². The molecule has 1 N–H and O–H groups in total. The van der Waals surface area contributed by atoms with Crippen molar-refractivity contribution in [3.05, 3.63) is 35.9 Å². The number of carbonyl (C=O) groups is 1. The number of aldehydes is 1. The second-order valence-electron chi connectivity index (χ2n) is 6.75. The van der Waals surface area contributed by atoms with Crippen LogP contribution in [0.25, 0.3) is 0 Å². The van der Waals surface area contributed by atoms with Gasteiger partial charge >= 0.3 is 0 Å². The van der Waals surface area contributed by atoms with Crippen LogP contribution < -0.4 is 0 Å². The van der Waals surface area contributed by atoms with Crippen LogP contribution in [0.1, 0.15) is 26.3 Å². The highest BCUT2D eigenvalue weighted by atomic mass is 16.5. The van der Waals surface area contributed by atoms with Gasteiger partial charge in [-0.3, -0.25) is 4.90 Å². The molecule has 0 amide bonds. The number of ether oxygens (including phenoxy) is 1. The molecule has 2 rings (SSSR count). The smallest absolute Gasteiger partial charge is 0.131 e. The van der Waals surface area contributed by atoms with Gasteiger partial charge in [-0.2, -0.15) is 0 Å². The molecule has 21 heavy (non-hydrogen) atoms. The molecule has 116 valence electrons. The Morgan fingerprint density at radius 3 is 2.67 bits per heavy atom. The molecule has 1 saturated heterocycles. The minimum Gasteiger partial charge on any atom is -0.394 e. The van der Waals surface area contributed by atoms with Gasteiger partial charge in [0.05, 0.1) is 23.7 Å². The number of aliphatic hydroxyl groups excluding tert-OH is 1. The lowest BCUT2D eigenvalue weighted by atomic mass is 9.83. The summed E-state index contributed by atoms with van der Waals surface area (Å²) in [5.74, 6) is 0. The van der Waals surface area contributed by atoms with Crippen LogP contribution in [-0.4, -0.2) is 54.2 Å². The van der Waals surface area contributed by atoms with Gasteiger partial charge in [0.25, 0.3) is 0 Å². The van der Waals surface area contributed by atoms with Crippen molar-refractivity contribution in [1.29, 1.82) is 0 Å². The predicted octanol–water partition coefficient (Wildman–Crippen LogP) is 1.61. The minimum atomic E-state index is -0.547. The fourth-order valence-electron chi connectivity index (χ4n) is 3.11. The average molecular weight is 291 g/mol. The van der Waals surface area contributed by atoms with Crippen molar-refractivity contribution >= 4 is 6.29 Å². The maximum absolute atomic E-state index is 11.7. The van der Waals surface area contributed by atoms with Crippen LogP contribution in [0.15, 0.2) is 30.3 Å². The van der Waals surface area contributed by atoms with Crippen LogP contribution in [-0.2, 0) is 14.9 Å². The summed E-state index contributed by atoms with van der Waals surface area (Å²) in [4.78, 5) is 13.9. The molecule has 2 unspecified atom stereocenters. The van der Waals surface area contributed by atoms with Crippen molar-refractivity contribution in [3.8, 4) is 0 Å². The molecule has 0 radical (unpaired) electrons. The number of hydrogen-bond donors (Lipinski definition) is 1. The molecule has 1 aliphatic rings. The zero-order valence-electron chi connectivity index (χ0n) is 13.1. The number of hydrogen-bond acceptors (Lipinski definition) is 4. The molecule has 0 saturated carbocycles. The van der Waals surface area contributed by atoms with Gasteiger partial charge in [0.15, 0.2) is 0 Å². The SMILES string of the molecule is CC1(C)CN(CC(C)(C=O)c2ccccc2)CC(CO)O1. The van der Waals surface area contributed by atoms with Gasteiger partial charge in [-0.15, -0.1) is 0 Å². The highest BCUT2D eigenvalue weighted by Crippen LogP contribution is 2.27. The fraction of sp³-hybridized carbons (Fsp3) is 0.588. The Hall–Kier alpha value is -1.23. The van der Waals surface area contributed by atoms with Gasteiger partial charge in [0, 0.05) is 19.6 Å². The third kappa shape index (κ3) is 3.90. The zero-order chi connectivity index (χ0) is 15.5. The van der Waals surface area contributed by atoms with Crippen molar-refractivity contribution in [2.24, 2.45) is 0 Å². The quantitative estimate of drug-likeness (QED) is 0.838. The molecule has 0 bridgehead atoms. The normalized spacial score (nSPS) is 25.2. The lowest BCUT2D eigenvalue weighted by molar-refractivity contribution is -0.152. The molecule has 4 nitrogen and oxygen atoms in total. The maximum Gasteiger partial charge on any atom is 0.131 e. The molecule has 0 spiro atoms.